The first-order valence-electron chi connectivity index (χ1n) is 8.84. The summed E-state index contributed by atoms with van der Waals surface area (Å²) < 4.78 is 7.52. The fourth-order valence-electron chi connectivity index (χ4n) is 2.79. The number of halogens is 2. The van der Waals surface area contributed by atoms with Crippen LogP contribution in [0, 0.1) is 0 Å². The summed E-state index contributed by atoms with van der Waals surface area (Å²) in [6, 6.07) is 17.2. The van der Waals surface area contributed by atoms with Gasteiger partial charge in [0.05, 0.1) is 5.56 Å². The summed E-state index contributed by atoms with van der Waals surface area (Å²) in [5.41, 5.74) is 1.53. The van der Waals surface area contributed by atoms with Gasteiger partial charge in [0.1, 0.15) is 6.54 Å². The Balaban J connectivity index is 1.55. The first-order valence-corrected chi connectivity index (χ1v) is 10.0. The third-order valence-corrected chi connectivity index (χ3v) is 4.89. The molecule has 1 N–H and O–H groups in total. The van der Waals surface area contributed by atoms with Gasteiger partial charge in [0.25, 0.3) is 11.4 Å². The number of rotatable bonds is 5. The monoisotopic (exact) mass is 484 g/mol. The van der Waals surface area contributed by atoms with Gasteiger partial charge in [-0.15, -0.1) is 0 Å². The van der Waals surface area contributed by atoms with Crippen LogP contribution >= 0.6 is 27.5 Å². The summed E-state index contributed by atoms with van der Waals surface area (Å²) >= 11 is 9.33. The molecule has 0 bridgehead atoms. The molecule has 150 valence electrons. The Kier molecular flexibility index (Phi) is 5.78. The molecule has 0 atom stereocenters. The minimum Gasteiger partial charge on any atom is -0.334 e. The number of hydrogen-bond acceptors (Lipinski definition) is 5. The molecule has 0 aliphatic heterocycles. The van der Waals surface area contributed by atoms with Crippen molar-refractivity contribution in [2.45, 2.75) is 6.54 Å². The number of anilines is 1. The molecule has 4 rings (SSSR count). The van der Waals surface area contributed by atoms with Crippen LogP contribution in [0.2, 0.25) is 5.02 Å². The van der Waals surface area contributed by atoms with E-state index in [0.717, 1.165) is 10.0 Å². The van der Waals surface area contributed by atoms with Crippen LogP contribution in [0.4, 0.5) is 5.69 Å². The molecule has 0 aliphatic carbocycles. The molecule has 7 nitrogen and oxygen atoms in total. The number of aromatic nitrogens is 3. The number of hydrogen-bond donors (Lipinski definition) is 1. The highest BCUT2D eigenvalue weighted by molar-refractivity contribution is 9.10. The second-order valence-electron chi connectivity index (χ2n) is 6.38. The Hall–Kier alpha value is -3.23. The van der Waals surface area contributed by atoms with Crippen molar-refractivity contribution in [3.8, 4) is 22.8 Å². The van der Waals surface area contributed by atoms with Gasteiger partial charge in [-0.25, -0.2) is 0 Å². The Morgan fingerprint density at radius 3 is 2.73 bits per heavy atom. The van der Waals surface area contributed by atoms with Crippen molar-refractivity contribution in [2.24, 2.45) is 0 Å². The smallest absolute Gasteiger partial charge is 0.259 e. The lowest BCUT2D eigenvalue weighted by atomic mass is 10.2. The largest absolute Gasteiger partial charge is 0.334 e. The minimum absolute atomic E-state index is 0.175. The van der Waals surface area contributed by atoms with Gasteiger partial charge in [-0.3, -0.25) is 9.59 Å². The van der Waals surface area contributed by atoms with Gasteiger partial charge in [0.15, 0.2) is 0 Å². The lowest BCUT2D eigenvalue weighted by Crippen LogP contribution is -2.26. The Labute approximate surface area is 184 Å². The van der Waals surface area contributed by atoms with Crippen LogP contribution in [0.3, 0.4) is 0 Å². The zero-order chi connectivity index (χ0) is 21.1. The second-order valence-corrected chi connectivity index (χ2v) is 7.73. The van der Waals surface area contributed by atoms with E-state index in [2.05, 4.69) is 31.4 Å². The van der Waals surface area contributed by atoms with E-state index in [-0.39, 0.29) is 23.9 Å². The van der Waals surface area contributed by atoms with Crippen LogP contribution in [0.25, 0.3) is 22.8 Å². The molecule has 0 unspecified atom stereocenters. The van der Waals surface area contributed by atoms with Crippen LogP contribution in [0.1, 0.15) is 0 Å². The first kappa shape index (κ1) is 20.1. The van der Waals surface area contributed by atoms with E-state index in [1.807, 2.05) is 24.3 Å². The molecule has 2 heterocycles. The highest BCUT2D eigenvalue weighted by Gasteiger charge is 2.13. The summed E-state index contributed by atoms with van der Waals surface area (Å²) in [6.07, 6.45) is 1.51. The SMILES string of the molecule is O=C(Cn1cc(-c2nc(-c3cccc(Br)c3)no2)ccc1=O)Nc1cccc(Cl)c1. The third-order valence-electron chi connectivity index (χ3n) is 4.16. The highest BCUT2D eigenvalue weighted by atomic mass is 79.9. The average molecular weight is 486 g/mol. The summed E-state index contributed by atoms with van der Waals surface area (Å²) in [7, 11) is 0. The molecule has 4 aromatic rings. The van der Waals surface area contributed by atoms with Crippen LogP contribution in [-0.2, 0) is 11.3 Å². The van der Waals surface area contributed by atoms with Crippen LogP contribution in [0.15, 0.2) is 80.7 Å². The van der Waals surface area contributed by atoms with Crippen molar-refractivity contribution in [1.29, 1.82) is 0 Å². The van der Waals surface area contributed by atoms with E-state index in [0.29, 0.717) is 22.1 Å². The lowest BCUT2D eigenvalue weighted by Gasteiger charge is -2.08. The van der Waals surface area contributed by atoms with Crippen molar-refractivity contribution >= 4 is 39.1 Å². The Morgan fingerprint density at radius 2 is 1.93 bits per heavy atom. The molecule has 0 aliphatic rings. The van der Waals surface area contributed by atoms with Crippen molar-refractivity contribution in [3.63, 3.8) is 0 Å². The summed E-state index contributed by atoms with van der Waals surface area (Å²) in [5, 5.41) is 7.21. The zero-order valence-corrected chi connectivity index (χ0v) is 17.7. The molecule has 0 spiro atoms. The summed E-state index contributed by atoms with van der Waals surface area (Å²) in [4.78, 5) is 28.9. The quantitative estimate of drug-likeness (QED) is 0.445. The van der Waals surface area contributed by atoms with Gasteiger partial charge in [-0.2, -0.15) is 4.98 Å². The fraction of sp³-hybridized carbons (Fsp3) is 0.0476. The first-order chi connectivity index (χ1) is 14.5. The van der Waals surface area contributed by atoms with Gasteiger partial charge >= 0.3 is 0 Å². The number of carbonyl (C=O) groups is 1. The van der Waals surface area contributed by atoms with E-state index in [1.54, 1.807) is 30.3 Å². The number of carbonyl (C=O) groups excluding carboxylic acids is 1. The normalized spacial score (nSPS) is 10.7. The zero-order valence-electron chi connectivity index (χ0n) is 15.4. The number of pyridine rings is 1. The van der Waals surface area contributed by atoms with E-state index in [9.17, 15) is 9.59 Å². The van der Waals surface area contributed by atoms with Gasteiger partial charge < -0.3 is 14.4 Å². The second kappa shape index (κ2) is 8.64. The molecule has 0 fully saturated rings. The van der Waals surface area contributed by atoms with Crippen molar-refractivity contribution in [1.82, 2.24) is 14.7 Å². The number of amides is 1. The maximum absolute atomic E-state index is 12.3. The maximum Gasteiger partial charge on any atom is 0.259 e. The minimum atomic E-state index is -0.364. The standard InChI is InChI=1S/C21H14BrClN4O3/c22-15-4-1-3-13(9-15)20-25-21(30-26-20)14-7-8-19(29)27(11-14)12-18(28)24-17-6-2-5-16(23)10-17/h1-11H,12H2,(H,24,28). The molecule has 2 aromatic heterocycles. The van der Waals surface area contributed by atoms with Crippen molar-refractivity contribution in [3.05, 3.63) is 86.7 Å². The molecule has 9 heteroatoms. The van der Waals surface area contributed by atoms with Crippen LogP contribution in [-0.4, -0.2) is 20.6 Å². The maximum atomic E-state index is 12.3. The number of nitrogens with zero attached hydrogens (tertiary/aromatic N) is 3. The van der Waals surface area contributed by atoms with E-state index in [1.165, 1.54) is 16.8 Å². The van der Waals surface area contributed by atoms with Crippen molar-refractivity contribution in [2.75, 3.05) is 5.32 Å². The average Bonchev–Trinajstić information content (AvgIpc) is 3.20. The summed E-state index contributed by atoms with van der Waals surface area (Å²) in [6.45, 7) is -0.175. The fourth-order valence-corrected chi connectivity index (χ4v) is 3.38. The van der Waals surface area contributed by atoms with Gasteiger partial charge in [0, 0.05) is 33.0 Å². The predicted octanol–water partition coefficient (Wildman–Crippen LogP) is 4.62. The summed E-state index contributed by atoms with van der Waals surface area (Å²) in [5.74, 6) is 0.300. The van der Waals surface area contributed by atoms with Gasteiger partial charge in [-0.1, -0.05) is 50.9 Å². The molecule has 0 saturated heterocycles. The molecular weight excluding hydrogens is 472 g/mol. The van der Waals surface area contributed by atoms with Gasteiger partial charge in [0.2, 0.25) is 11.7 Å². The Bertz CT molecular complexity index is 1280. The van der Waals surface area contributed by atoms with Crippen LogP contribution < -0.4 is 10.9 Å². The highest BCUT2D eigenvalue weighted by Crippen LogP contribution is 2.23. The number of nitrogens with one attached hydrogen (secondary N) is 1. The van der Waals surface area contributed by atoms with Gasteiger partial charge in [-0.05, 0) is 36.4 Å². The van der Waals surface area contributed by atoms with E-state index < -0.39 is 0 Å². The number of benzene rings is 2. The molecule has 30 heavy (non-hydrogen) atoms. The predicted molar refractivity (Wildman–Crippen MR) is 117 cm³/mol. The van der Waals surface area contributed by atoms with Crippen LogP contribution in [0.5, 0.6) is 0 Å². The molecule has 0 radical (unpaired) electrons. The molecular formula is C21H14BrClN4O3. The lowest BCUT2D eigenvalue weighted by molar-refractivity contribution is -0.116. The van der Waals surface area contributed by atoms with Crippen molar-refractivity contribution < 1.29 is 9.32 Å². The molecule has 1 amide bonds. The molecule has 0 saturated carbocycles. The van der Waals surface area contributed by atoms with E-state index in [4.69, 9.17) is 16.1 Å². The third kappa shape index (κ3) is 4.67. The topological polar surface area (TPSA) is 90.0 Å². The molecule has 2 aromatic carbocycles. The Morgan fingerprint density at radius 1 is 1.10 bits per heavy atom. The van der Waals surface area contributed by atoms with E-state index >= 15 is 0 Å².